The first-order chi connectivity index (χ1) is 16.2. The van der Waals surface area contributed by atoms with Crippen LogP contribution in [-0.4, -0.2) is 56.6 Å². The second-order valence-corrected chi connectivity index (χ2v) is 7.50. The fraction of sp³-hybridized carbons (Fsp3) is 0.292. The van der Waals surface area contributed by atoms with Crippen molar-refractivity contribution in [2.24, 2.45) is 5.92 Å². The highest BCUT2D eigenvalue weighted by Crippen LogP contribution is 2.17. The van der Waals surface area contributed by atoms with Gasteiger partial charge in [-0.05, 0) is 36.2 Å². The Morgan fingerprint density at radius 1 is 0.824 bits per heavy atom. The predicted octanol–water partition coefficient (Wildman–Crippen LogP) is 2.20. The third kappa shape index (κ3) is 7.16. The summed E-state index contributed by atoms with van der Waals surface area (Å²) < 4.78 is 14.4. The number of ether oxygens (including phenoxy) is 3. The van der Waals surface area contributed by atoms with Gasteiger partial charge in [-0.2, -0.15) is 0 Å². The molecule has 2 amide bonds. The monoisotopic (exact) mass is 470 g/mol. The zero-order chi connectivity index (χ0) is 25.3. The minimum absolute atomic E-state index is 0.0150. The van der Waals surface area contributed by atoms with Crippen molar-refractivity contribution in [3.63, 3.8) is 0 Å². The molecule has 0 aliphatic carbocycles. The summed E-state index contributed by atoms with van der Waals surface area (Å²) in [5.74, 6) is -3.70. The van der Waals surface area contributed by atoms with Gasteiger partial charge >= 0.3 is 17.9 Å². The molecule has 1 atom stereocenters. The van der Waals surface area contributed by atoms with Crippen molar-refractivity contribution in [2.75, 3.05) is 26.1 Å². The molecule has 0 fully saturated rings. The number of hydrogen-bond donors (Lipinski definition) is 2. The maximum Gasteiger partial charge on any atom is 0.337 e. The molecule has 180 valence electrons. The summed E-state index contributed by atoms with van der Waals surface area (Å²) in [6, 6.07) is 11.3. The molecule has 0 spiro atoms. The fourth-order valence-corrected chi connectivity index (χ4v) is 2.91. The third-order valence-corrected chi connectivity index (χ3v) is 4.65. The van der Waals surface area contributed by atoms with E-state index in [2.05, 4.69) is 20.1 Å². The Morgan fingerprint density at radius 3 is 1.88 bits per heavy atom. The first-order valence-corrected chi connectivity index (χ1v) is 10.3. The molecular weight excluding hydrogens is 444 g/mol. The molecule has 34 heavy (non-hydrogen) atoms. The van der Waals surface area contributed by atoms with Crippen LogP contribution in [0.25, 0.3) is 0 Å². The van der Waals surface area contributed by atoms with Gasteiger partial charge in [0.2, 0.25) is 0 Å². The van der Waals surface area contributed by atoms with Gasteiger partial charge in [0, 0.05) is 11.3 Å². The van der Waals surface area contributed by atoms with Gasteiger partial charge in [-0.1, -0.05) is 32.0 Å². The number of anilines is 1. The summed E-state index contributed by atoms with van der Waals surface area (Å²) in [6.45, 7) is 2.80. The van der Waals surface area contributed by atoms with Crippen LogP contribution in [-0.2, 0) is 23.8 Å². The molecule has 0 heterocycles. The Morgan fingerprint density at radius 2 is 1.38 bits per heavy atom. The molecule has 0 radical (unpaired) electrons. The molecule has 2 rings (SSSR count). The van der Waals surface area contributed by atoms with Gasteiger partial charge in [-0.3, -0.25) is 9.59 Å². The quantitative estimate of drug-likeness (QED) is 0.420. The standard InChI is InChI=1S/C24H26N2O8/c1-14(2)20(26-21(28)15-8-6-5-7-9-15)24(31)34-13-19(27)25-18-11-16(22(29)32-3)10-17(12-18)23(30)33-4/h5-12,14,20H,13H2,1-4H3,(H,25,27)(H,26,28)/t20-/m0/s1. The van der Waals surface area contributed by atoms with Gasteiger partial charge < -0.3 is 24.8 Å². The topological polar surface area (TPSA) is 137 Å². The Bertz CT molecular complexity index is 1030. The lowest BCUT2D eigenvalue weighted by Gasteiger charge is -2.20. The maximum absolute atomic E-state index is 12.5. The van der Waals surface area contributed by atoms with Crippen LogP contribution in [0.4, 0.5) is 5.69 Å². The van der Waals surface area contributed by atoms with E-state index >= 15 is 0 Å². The van der Waals surface area contributed by atoms with Crippen molar-refractivity contribution >= 4 is 35.4 Å². The van der Waals surface area contributed by atoms with Crippen LogP contribution in [0.3, 0.4) is 0 Å². The van der Waals surface area contributed by atoms with Crippen LogP contribution in [0, 0.1) is 5.92 Å². The summed E-state index contributed by atoms with van der Waals surface area (Å²) in [4.78, 5) is 61.0. The largest absolute Gasteiger partial charge is 0.465 e. The minimum atomic E-state index is -0.978. The second-order valence-electron chi connectivity index (χ2n) is 7.50. The van der Waals surface area contributed by atoms with E-state index in [-0.39, 0.29) is 22.7 Å². The fourth-order valence-electron chi connectivity index (χ4n) is 2.91. The van der Waals surface area contributed by atoms with E-state index in [4.69, 9.17) is 4.74 Å². The number of nitrogens with one attached hydrogen (secondary N) is 2. The van der Waals surface area contributed by atoms with Crippen LogP contribution in [0.5, 0.6) is 0 Å². The Balaban J connectivity index is 2.05. The summed E-state index contributed by atoms with van der Waals surface area (Å²) in [5, 5.41) is 5.06. The normalized spacial score (nSPS) is 11.2. The molecule has 2 aromatic rings. The molecule has 0 unspecified atom stereocenters. The van der Waals surface area contributed by atoms with Crippen LogP contribution < -0.4 is 10.6 Å². The van der Waals surface area contributed by atoms with Crippen LogP contribution in [0.1, 0.15) is 44.9 Å². The molecule has 2 N–H and O–H groups in total. The van der Waals surface area contributed by atoms with E-state index in [9.17, 15) is 24.0 Å². The maximum atomic E-state index is 12.5. The molecule has 0 saturated carbocycles. The number of methoxy groups -OCH3 is 2. The number of esters is 3. The van der Waals surface area contributed by atoms with Crippen molar-refractivity contribution < 1.29 is 38.2 Å². The van der Waals surface area contributed by atoms with Gasteiger partial charge in [0.15, 0.2) is 6.61 Å². The highest BCUT2D eigenvalue weighted by atomic mass is 16.5. The molecule has 2 aromatic carbocycles. The third-order valence-electron chi connectivity index (χ3n) is 4.65. The number of benzene rings is 2. The lowest BCUT2D eigenvalue weighted by atomic mass is 10.0. The van der Waals surface area contributed by atoms with Crippen LogP contribution in [0.15, 0.2) is 48.5 Å². The first-order valence-electron chi connectivity index (χ1n) is 10.3. The Kier molecular flexibility index (Phi) is 9.30. The molecule has 10 heteroatoms. The number of hydrogen-bond acceptors (Lipinski definition) is 8. The Labute approximate surface area is 196 Å². The zero-order valence-corrected chi connectivity index (χ0v) is 19.2. The molecule has 0 aliphatic heterocycles. The van der Waals surface area contributed by atoms with Gasteiger partial charge in [0.1, 0.15) is 6.04 Å². The number of amides is 2. The van der Waals surface area contributed by atoms with Crippen LogP contribution >= 0.6 is 0 Å². The van der Waals surface area contributed by atoms with Gasteiger partial charge in [0.05, 0.1) is 25.3 Å². The second kappa shape index (κ2) is 12.1. The van der Waals surface area contributed by atoms with E-state index in [1.54, 1.807) is 44.2 Å². The van der Waals surface area contributed by atoms with E-state index in [1.807, 2.05) is 0 Å². The van der Waals surface area contributed by atoms with Crippen molar-refractivity contribution in [1.29, 1.82) is 0 Å². The molecular formula is C24H26N2O8. The van der Waals surface area contributed by atoms with Gasteiger partial charge in [-0.25, -0.2) is 14.4 Å². The summed E-state index contributed by atoms with van der Waals surface area (Å²) in [6.07, 6.45) is 0. The van der Waals surface area contributed by atoms with Crippen molar-refractivity contribution in [1.82, 2.24) is 5.32 Å². The van der Waals surface area contributed by atoms with E-state index in [1.165, 1.54) is 32.4 Å². The zero-order valence-electron chi connectivity index (χ0n) is 19.2. The lowest BCUT2D eigenvalue weighted by molar-refractivity contribution is -0.150. The molecule has 0 aliphatic rings. The van der Waals surface area contributed by atoms with Crippen molar-refractivity contribution in [3.8, 4) is 0 Å². The summed E-state index contributed by atoms with van der Waals surface area (Å²) in [5.41, 5.74) is 0.509. The molecule has 0 bridgehead atoms. The predicted molar refractivity (Wildman–Crippen MR) is 121 cm³/mol. The number of rotatable bonds is 9. The highest BCUT2D eigenvalue weighted by Gasteiger charge is 2.27. The summed E-state index contributed by atoms with van der Waals surface area (Å²) >= 11 is 0. The summed E-state index contributed by atoms with van der Waals surface area (Å²) in [7, 11) is 2.35. The number of carbonyl (C=O) groups is 5. The van der Waals surface area contributed by atoms with Crippen molar-refractivity contribution in [2.45, 2.75) is 19.9 Å². The van der Waals surface area contributed by atoms with Gasteiger partial charge in [-0.15, -0.1) is 0 Å². The van der Waals surface area contributed by atoms with E-state index in [0.29, 0.717) is 5.56 Å². The first kappa shape index (κ1) is 26.0. The average Bonchev–Trinajstić information content (AvgIpc) is 2.84. The van der Waals surface area contributed by atoms with E-state index < -0.39 is 42.4 Å². The average molecular weight is 470 g/mol. The van der Waals surface area contributed by atoms with E-state index in [0.717, 1.165) is 0 Å². The molecule has 10 nitrogen and oxygen atoms in total. The SMILES string of the molecule is COC(=O)c1cc(NC(=O)COC(=O)[C@@H](NC(=O)c2ccccc2)C(C)C)cc(C(=O)OC)c1. The highest BCUT2D eigenvalue weighted by molar-refractivity contribution is 6.00. The lowest BCUT2D eigenvalue weighted by Crippen LogP contribution is -2.45. The Hall–Kier alpha value is -4.21. The minimum Gasteiger partial charge on any atom is -0.465 e. The molecule has 0 aromatic heterocycles. The number of carbonyl (C=O) groups excluding carboxylic acids is 5. The smallest absolute Gasteiger partial charge is 0.337 e. The molecule has 0 saturated heterocycles. The van der Waals surface area contributed by atoms with Gasteiger partial charge in [0.25, 0.3) is 11.8 Å². The van der Waals surface area contributed by atoms with Crippen LogP contribution in [0.2, 0.25) is 0 Å². The van der Waals surface area contributed by atoms with Crippen molar-refractivity contribution in [3.05, 3.63) is 65.2 Å².